The molecule has 20 heavy (non-hydrogen) atoms. The fourth-order valence-corrected chi connectivity index (χ4v) is 3.16. The van der Waals surface area contributed by atoms with Crippen LogP contribution in [0, 0.1) is 17.7 Å². The Hall–Kier alpha value is -1.30. The Labute approximate surface area is 114 Å². The van der Waals surface area contributed by atoms with Gasteiger partial charge >= 0.3 is 6.18 Å². The van der Waals surface area contributed by atoms with Crippen molar-refractivity contribution in [1.29, 1.82) is 0 Å². The van der Waals surface area contributed by atoms with Crippen molar-refractivity contribution >= 4 is 0 Å². The van der Waals surface area contributed by atoms with Crippen molar-refractivity contribution in [3.8, 4) is 5.75 Å². The van der Waals surface area contributed by atoms with Gasteiger partial charge in [-0.25, -0.2) is 4.39 Å². The minimum absolute atomic E-state index is 0.0871. The number of hydrogen-bond acceptors (Lipinski definition) is 2. The second kappa shape index (κ2) is 4.91. The molecule has 1 N–H and O–H groups in total. The first-order valence-electron chi connectivity index (χ1n) is 6.67. The van der Waals surface area contributed by atoms with Crippen LogP contribution in [0.4, 0.5) is 17.6 Å². The summed E-state index contributed by atoms with van der Waals surface area (Å²) in [7, 11) is 0. The van der Waals surface area contributed by atoms with Gasteiger partial charge < -0.3 is 10.1 Å². The second-order valence-corrected chi connectivity index (χ2v) is 5.53. The van der Waals surface area contributed by atoms with Crippen LogP contribution in [0.3, 0.4) is 0 Å². The molecule has 2 fully saturated rings. The monoisotopic (exact) mass is 289 g/mol. The lowest BCUT2D eigenvalue weighted by atomic mass is 10.0. The van der Waals surface area contributed by atoms with Crippen LogP contribution in [0.15, 0.2) is 18.2 Å². The molecule has 2 atom stereocenters. The average Bonchev–Trinajstić information content (AvgIpc) is 2.90. The molecule has 110 valence electrons. The molecule has 6 heteroatoms. The van der Waals surface area contributed by atoms with Gasteiger partial charge in [-0.15, -0.1) is 0 Å². The van der Waals surface area contributed by atoms with Gasteiger partial charge in [0.1, 0.15) is 0 Å². The van der Waals surface area contributed by atoms with E-state index in [0.29, 0.717) is 17.9 Å². The number of ether oxygens (including phenoxy) is 1. The molecular formula is C14H15F4NO. The van der Waals surface area contributed by atoms with Crippen molar-refractivity contribution in [3.63, 3.8) is 0 Å². The summed E-state index contributed by atoms with van der Waals surface area (Å²) in [6, 6.07) is 2.42. The quantitative estimate of drug-likeness (QED) is 0.844. The van der Waals surface area contributed by atoms with Crippen molar-refractivity contribution in [2.75, 3.05) is 13.1 Å². The molecule has 2 aliphatic rings. The summed E-state index contributed by atoms with van der Waals surface area (Å²) >= 11 is 0. The standard InChI is InChI=1S/C14H15F4NO/c15-12-5-10(14(16,17)18)1-2-13(12)20-11-3-8-6-19-7-9(8)4-11/h1-2,5,8-9,11,19H,3-4,6-7H2. The van der Waals surface area contributed by atoms with E-state index < -0.39 is 17.6 Å². The fraction of sp³-hybridized carbons (Fsp3) is 0.571. The summed E-state index contributed by atoms with van der Waals surface area (Å²) in [5.74, 6) is 0.0426. The Bertz CT molecular complexity index is 490. The molecule has 1 aromatic rings. The van der Waals surface area contributed by atoms with Crippen molar-refractivity contribution in [2.45, 2.75) is 25.1 Å². The Morgan fingerprint density at radius 1 is 1.10 bits per heavy atom. The zero-order valence-corrected chi connectivity index (χ0v) is 10.7. The molecule has 1 aliphatic heterocycles. The smallest absolute Gasteiger partial charge is 0.416 e. The van der Waals surface area contributed by atoms with E-state index >= 15 is 0 Å². The van der Waals surface area contributed by atoms with Crippen LogP contribution in [0.25, 0.3) is 0 Å². The Balaban J connectivity index is 1.69. The van der Waals surface area contributed by atoms with E-state index in [1.54, 1.807) is 0 Å². The molecule has 1 aliphatic carbocycles. The molecule has 3 rings (SSSR count). The molecular weight excluding hydrogens is 274 g/mol. The molecule has 2 unspecified atom stereocenters. The number of rotatable bonds is 2. The normalized spacial score (nSPS) is 29.5. The van der Waals surface area contributed by atoms with Gasteiger partial charge in [-0.3, -0.25) is 0 Å². The van der Waals surface area contributed by atoms with Gasteiger partial charge in [-0.1, -0.05) is 0 Å². The van der Waals surface area contributed by atoms with Crippen LogP contribution in [-0.4, -0.2) is 19.2 Å². The number of alkyl halides is 3. The predicted molar refractivity (Wildman–Crippen MR) is 64.9 cm³/mol. The maximum Gasteiger partial charge on any atom is 0.416 e. The summed E-state index contributed by atoms with van der Waals surface area (Å²) in [5.41, 5.74) is -0.991. The Morgan fingerprint density at radius 3 is 2.30 bits per heavy atom. The van der Waals surface area contributed by atoms with Crippen molar-refractivity contribution in [1.82, 2.24) is 5.32 Å². The highest BCUT2D eigenvalue weighted by atomic mass is 19.4. The van der Waals surface area contributed by atoms with Crippen molar-refractivity contribution in [2.24, 2.45) is 11.8 Å². The molecule has 0 radical (unpaired) electrons. The summed E-state index contributed by atoms with van der Waals surface area (Å²) < 4.78 is 56.6. The molecule has 1 saturated carbocycles. The van der Waals surface area contributed by atoms with Crippen LogP contribution < -0.4 is 10.1 Å². The fourth-order valence-electron chi connectivity index (χ4n) is 3.16. The van der Waals surface area contributed by atoms with E-state index in [-0.39, 0.29) is 11.9 Å². The van der Waals surface area contributed by atoms with Crippen molar-refractivity contribution < 1.29 is 22.3 Å². The first-order chi connectivity index (χ1) is 9.43. The third-order valence-electron chi connectivity index (χ3n) is 4.16. The topological polar surface area (TPSA) is 21.3 Å². The molecule has 0 amide bonds. The Morgan fingerprint density at radius 2 is 1.75 bits per heavy atom. The SMILES string of the molecule is Fc1cc(C(F)(F)F)ccc1OC1CC2CNCC2C1. The van der Waals surface area contributed by atoms with Crippen molar-refractivity contribution in [3.05, 3.63) is 29.6 Å². The number of hydrogen-bond donors (Lipinski definition) is 1. The zero-order valence-electron chi connectivity index (χ0n) is 10.7. The summed E-state index contributed by atoms with van der Waals surface area (Å²) in [6.07, 6.45) is -2.97. The molecule has 2 nitrogen and oxygen atoms in total. The van der Waals surface area contributed by atoms with E-state index in [1.165, 1.54) is 0 Å². The lowest BCUT2D eigenvalue weighted by molar-refractivity contribution is -0.137. The van der Waals surface area contributed by atoms with Gasteiger partial charge in [0.25, 0.3) is 0 Å². The lowest BCUT2D eigenvalue weighted by Crippen LogP contribution is -2.19. The van der Waals surface area contributed by atoms with Gasteiger partial charge in [0, 0.05) is 0 Å². The molecule has 1 aromatic carbocycles. The van der Waals surface area contributed by atoms with Gasteiger partial charge in [-0.2, -0.15) is 13.2 Å². The summed E-state index contributed by atoms with van der Waals surface area (Å²) in [6.45, 7) is 1.89. The first-order valence-corrected chi connectivity index (χ1v) is 6.67. The summed E-state index contributed by atoms with van der Waals surface area (Å²) in [4.78, 5) is 0. The highest BCUT2D eigenvalue weighted by Gasteiger charge is 2.39. The van der Waals surface area contributed by atoms with Crippen LogP contribution in [-0.2, 0) is 6.18 Å². The highest BCUT2D eigenvalue weighted by Crippen LogP contribution is 2.38. The van der Waals surface area contributed by atoms with Gasteiger partial charge in [0.05, 0.1) is 11.7 Å². The zero-order chi connectivity index (χ0) is 14.3. The van der Waals surface area contributed by atoms with Gasteiger partial charge in [0.2, 0.25) is 0 Å². The van der Waals surface area contributed by atoms with E-state index in [9.17, 15) is 17.6 Å². The van der Waals surface area contributed by atoms with Gasteiger partial charge in [0.15, 0.2) is 11.6 Å². The molecule has 0 spiro atoms. The minimum Gasteiger partial charge on any atom is -0.487 e. The molecule has 0 aromatic heterocycles. The second-order valence-electron chi connectivity index (χ2n) is 5.53. The molecule has 1 saturated heterocycles. The highest BCUT2D eigenvalue weighted by molar-refractivity contribution is 5.31. The number of nitrogens with one attached hydrogen (secondary N) is 1. The average molecular weight is 289 g/mol. The maximum absolute atomic E-state index is 13.7. The largest absolute Gasteiger partial charge is 0.487 e. The van der Waals surface area contributed by atoms with E-state index in [0.717, 1.165) is 38.1 Å². The molecule has 1 heterocycles. The predicted octanol–water partition coefficient (Wildman–Crippen LogP) is 3.22. The van der Waals surface area contributed by atoms with Gasteiger partial charge in [-0.05, 0) is 56.0 Å². The molecule has 0 bridgehead atoms. The third-order valence-corrected chi connectivity index (χ3v) is 4.16. The number of benzene rings is 1. The van der Waals surface area contributed by atoms with Crippen LogP contribution in [0.1, 0.15) is 18.4 Å². The van der Waals surface area contributed by atoms with E-state index in [2.05, 4.69) is 5.32 Å². The van der Waals surface area contributed by atoms with Crippen LogP contribution in [0.5, 0.6) is 5.75 Å². The van der Waals surface area contributed by atoms with Crippen LogP contribution >= 0.6 is 0 Å². The first kappa shape index (κ1) is 13.7. The number of fused-ring (bicyclic) bond motifs is 1. The minimum atomic E-state index is -4.53. The van der Waals surface area contributed by atoms with E-state index in [1.807, 2.05) is 0 Å². The summed E-state index contributed by atoms with van der Waals surface area (Å²) in [5, 5.41) is 3.29. The maximum atomic E-state index is 13.7. The Kier molecular flexibility index (Phi) is 3.36. The van der Waals surface area contributed by atoms with Crippen LogP contribution in [0.2, 0.25) is 0 Å². The van der Waals surface area contributed by atoms with E-state index in [4.69, 9.17) is 4.74 Å². The third kappa shape index (κ3) is 2.61. The lowest BCUT2D eigenvalue weighted by Gasteiger charge is -2.16. The number of halogens is 4.